The van der Waals surface area contributed by atoms with Crippen LogP contribution in [0.2, 0.25) is 0 Å². The van der Waals surface area contributed by atoms with Crippen LogP contribution in [0.5, 0.6) is 11.5 Å². The highest BCUT2D eigenvalue weighted by Gasteiger charge is 2.16. The Kier molecular flexibility index (Phi) is 6.60. The van der Waals surface area contributed by atoms with Gasteiger partial charge in [-0.3, -0.25) is 9.59 Å². The molecular weight excluding hydrogens is 332 g/mol. The summed E-state index contributed by atoms with van der Waals surface area (Å²) in [5.41, 5.74) is 3.54. The van der Waals surface area contributed by atoms with E-state index >= 15 is 0 Å². The quantitative estimate of drug-likeness (QED) is 0.780. The van der Waals surface area contributed by atoms with Gasteiger partial charge in [0.15, 0.2) is 11.5 Å². The number of methoxy groups -OCH3 is 2. The van der Waals surface area contributed by atoms with Crippen LogP contribution in [0.3, 0.4) is 0 Å². The third kappa shape index (κ3) is 4.99. The predicted molar refractivity (Wildman–Crippen MR) is 101 cm³/mol. The van der Waals surface area contributed by atoms with Gasteiger partial charge in [0, 0.05) is 18.3 Å². The topological polar surface area (TPSA) is 76.7 Å². The smallest absolute Gasteiger partial charge is 0.313 e. The fraction of sp³-hybridized carbons (Fsp3) is 0.300. The molecule has 2 N–H and O–H groups in total. The van der Waals surface area contributed by atoms with Gasteiger partial charge in [-0.2, -0.15) is 0 Å². The first-order chi connectivity index (χ1) is 12.4. The van der Waals surface area contributed by atoms with E-state index in [2.05, 4.69) is 16.7 Å². The van der Waals surface area contributed by atoms with Crippen LogP contribution in [0.25, 0.3) is 0 Å². The predicted octanol–water partition coefficient (Wildman–Crippen LogP) is 2.62. The first-order valence-corrected chi connectivity index (χ1v) is 8.32. The minimum atomic E-state index is -0.718. The molecule has 2 rings (SSSR count). The van der Waals surface area contributed by atoms with Crippen LogP contribution in [-0.2, 0) is 16.0 Å². The summed E-state index contributed by atoms with van der Waals surface area (Å²) in [4.78, 5) is 24.1. The van der Waals surface area contributed by atoms with Gasteiger partial charge in [0.2, 0.25) is 0 Å². The lowest BCUT2D eigenvalue weighted by Gasteiger charge is -2.13. The van der Waals surface area contributed by atoms with Crippen molar-refractivity contribution in [2.24, 2.45) is 0 Å². The molecular formula is C20H24N2O4. The van der Waals surface area contributed by atoms with Crippen molar-refractivity contribution in [3.05, 3.63) is 53.1 Å². The number of nitrogens with one attached hydrogen (secondary N) is 2. The van der Waals surface area contributed by atoms with Crippen molar-refractivity contribution in [3.8, 4) is 11.5 Å². The number of rotatable bonds is 6. The van der Waals surface area contributed by atoms with Gasteiger partial charge in [-0.1, -0.05) is 29.8 Å². The third-order valence-corrected chi connectivity index (χ3v) is 3.97. The fourth-order valence-electron chi connectivity index (χ4n) is 2.56. The summed E-state index contributed by atoms with van der Waals surface area (Å²) in [6.45, 7) is 4.22. The van der Waals surface area contributed by atoms with Gasteiger partial charge in [0.1, 0.15) is 0 Å². The van der Waals surface area contributed by atoms with Gasteiger partial charge in [-0.15, -0.1) is 0 Å². The number of carbonyl (C=O) groups is 2. The van der Waals surface area contributed by atoms with E-state index in [9.17, 15) is 9.59 Å². The Morgan fingerprint density at radius 3 is 2.31 bits per heavy atom. The second-order valence-corrected chi connectivity index (χ2v) is 5.97. The second-order valence-electron chi connectivity index (χ2n) is 5.97. The van der Waals surface area contributed by atoms with Crippen molar-refractivity contribution in [1.29, 1.82) is 0 Å². The van der Waals surface area contributed by atoms with Crippen molar-refractivity contribution >= 4 is 17.5 Å². The zero-order chi connectivity index (χ0) is 19.1. The summed E-state index contributed by atoms with van der Waals surface area (Å²) in [6.07, 6.45) is 0.663. The monoisotopic (exact) mass is 356 g/mol. The van der Waals surface area contributed by atoms with Gasteiger partial charge in [-0.25, -0.2) is 0 Å². The van der Waals surface area contributed by atoms with Gasteiger partial charge in [0.05, 0.1) is 14.2 Å². The van der Waals surface area contributed by atoms with E-state index in [0.29, 0.717) is 30.2 Å². The molecule has 0 unspecified atom stereocenters. The molecule has 2 aromatic carbocycles. The molecule has 0 heterocycles. The molecule has 0 aliphatic carbocycles. The first-order valence-electron chi connectivity index (χ1n) is 8.32. The summed E-state index contributed by atoms with van der Waals surface area (Å²) in [5, 5.41) is 5.24. The zero-order valence-electron chi connectivity index (χ0n) is 15.5. The highest BCUT2D eigenvalue weighted by molar-refractivity contribution is 6.39. The maximum absolute atomic E-state index is 12.1. The second kappa shape index (κ2) is 8.89. The molecule has 0 aliphatic rings. The van der Waals surface area contributed by atoms with E-state index in [1.165, 1.54) is 14.2 Å². The molecule has 0 spiro atoms. The molecule has 0 aliphatic heterocycles. The van der Waals surface area contributed by atoms with E-state index in [-0.39, 0.29) is 0 Å². The number of carbonyl (C=O) groups excluding carboxylic acids is 2. The Labute approximate surface area is 153 Å². The third-order valence-electron chi connectivity index (χ3n) is 3.97. The summed E-state index contributed by atoms with van der Waals surface area (Å²) in [5.74, 6) is -0.352. The van der Waals surface area contributed by atoms with Gasteiger partial charge < -0.3 is 20.1 Å². The van der Waals surface area contributed by atoms with E-state index in [1.54, 1.807) is 12.1 Å². The summed E-state index contributed by atoms with van der Waals surface area (Å²) in [6, 6.07) is 11.4. The van der Waals surface area contributed by atoms with Crippen LogP contribution >= 0.6 is 0 Å². The van der Waals surface area contributed by atoms with Crippen LogP contribution in [0.15, 0.2) is 36.4 Å². The number of anilines is 1. The normalized spacial score (nSPS) is 10.2. The molecule has 6 nitrogen and oxygen atoms in total. The van der Waals surface area contributed by atoms with Crippen LogP contribution in [0.1, 0.15) is 16.7 Å². The average Bonchev–Trinajstić information content (AvgIpc) is 2.62. The Balaban J connectivity index is 1.93. The molecule has 0 saturated heterocycles. The maximum Gasteiger partial charge on any atom is 0.313 e. The average molecular weight is 356 g/mol. The Morgan fingerprint density at radius 1 is 0.962 bits per heavy atom. The number of hydrogen-bond acceptors (Lipinski definition) is 4. The molecule has 0 bridgehead atoms. The highest BCUT2D eigenvalue weighted by Crippen LogP contribution is 2.32. The number of hydrogen-bond donors (Lipinski definition) is 2. The molecule has 0 aromatic heterocycles. The van der Waals surface area contributed by atoms with E-state index in [0.717, 1.165) is 16.7 Å². The van der Waals surface area contributed by atoms with Gasteiger partial charge >= 0.3 is 11.8 Å². The number of amides is 2. The molecule has 26 heavy (non-hydrogen) atoms. The van der Waals surface area contributed by atoms with E-state index in [1.807, 2.05) is 32.0 Å². The Morgan fingerprint density at radius 2 is 1.65 bits per heavy atom. The molecule has 138 valence electrons. The number of aryl methyl sites for hydroxylation is 2. The molecule has 0 saturated carbocycles. The Bertz CT molecular complexity index is 802. The van der Waals surface area contributed by atoms with Crippen molar-refractivity contribution in [2.45, 2.75) is 20.3 Å². The van der Waals surface area contributed by atoms with Crippen LogP contribution in [0, 0.1) is 13.8 Å². The molecule has 0 radical (unpaired) electrons. The number of ether oxygens (including phenoxy) is 2. The van der Waals surface area contributed by atoms with E-state index < -0.39 is 11.8 Å². The van der Waals surface area contributed by atoms with Crippen LogP contribution in [-0.4, -0.2) is 32.6 Å². The summed E-state index contributed by atoms with van der Waals surface area (Å²) in [7, 11) is 3.05. The molecule has 2 amide bonds. The van der Waals surface area contributed by atoms with Gasteiger partial charge in [0.25, 0.3) is 0 Å². The largest absolute Gasteiger partial charge is 0.493 e. The molecule has 0 fully saturated rings. The fourth-order valence-corrected chi connectivity index (χ4v) is 2.56. The van der Waals surface area contributed by atoms with Crippen LogP contribution < -0.4 is 20.1 Å². The SMILES string of the molecule is COc1cc(C)c(NC(=O)C(=O)NCCc2cccc(C)c2)cc1OC. The summed E-state index contributed by atoms with van der Waals surface area (Å²) < 4.78 is 10.4. The van der Waals surface area contributed by atoms with Crippen molar-refractivity contribution in [3.63, 3.8) is 0 Å². The lowest BCUT2D eigenvalue weighted by molar-refractivity contribution is -0.136. The lowest BCUT2D eigenvalue weighted by Crippen LogP contribution is -2.36. The van der Waals surface area contributed by atoms with Crippen molar-refractivity contribution in [1.82, 2.24) is 5.32 Å². The molecule has 6 heteroatoms. The van der Waals surface area contributed by atoms with Gasteiger partial charge in [-0.05, 0) is 37.5 Å². The lowest BCUT2D eigenvalue weighted by atomic mass is 10.1. The minimum absolute atomic E-state index is 0.390. The minimum Gasteiger partial charge on any atom is -0.493 e. The van der Waals surface area contributed by atoms with Crippen LogP contribution in [0.4, 0.5) is 5.69 Å². The van der Waals surface area contributed by atoms with Crippen molar-refractivity contribution in [2.75, 3.05) is 26.1 Å². The Hall–Kier alpha value is -3.02. The summed E-state index contributed by atoms with van der Waals surface area (Å²) >= 11 is 0. The first kappa shape index (κ1) is 19.3. The molecule has 2 aromatic rings. The highest BCUT2D eigenvalue weighted by atomic mass is 16.5. The zero-order valence-corrected chi connectivity index (χ0v) is 15.5. The standard InChI is InChI=1S/C20H24N2O4/c1-13-6-5-7-15(10-13)8-9-21-19(23)20(24)22-16-12-18(26-4)17(25-3)11-14(16)2/h5-7,10-12H,8-9H2,1-4H3,(H,21,23)(H,22,24). The maximum atomic E-state index is 12.1. The molecule has 0 atom stereocenters. The van der Waals surface area contributed by atoms with E-state index in [4.69, 9.17) is 9.47 Å². The van der Waals surface area contributed by atoms with Crippen molar-refractivity contribution < 1.29 is 19.1 Å². The number of benzene rings is 2.